The van der Waals surface area contributed by atoms with Crippen LogP contribution in [0, 0.1) is 10.1 Å². The Morgan fingerprint density at radius 1 is 1.33 bits per heavy atom. The first kappa shape index (κ1) is 12.5. The van der Waals surface area contributed by atoms with E-state index in [0.717, 1.165) is 0 Å². The number of rotatable bonds is 3. The Labute approximate surface area is 103 Å². The first-order valence-corrected chi connectivity index (χ1v) is 5.55. The summed E-state index contributed by atoms with van der Waals surface area (Å²) in [6.45, 7) is 2.23. The first-order chi connectivity index (χ1) is 8.68. The molecule has 0 bridgehead atoms. The highest BCUT2D eigenvalue weighted by Gasteiger charge is 2.21. The van der Waals surface area contributed by atoms with Gasteiger partial charge in [-0.25, -0.2) is 5.01 Å². The van der Waals surface area contributed by atoms with Gasteiger partial charge in [-0.15, -0.1) is 0 Å². The molecule has 7 nitrogen and oxygen atoms in total. The summed E-state index contributed by atoms with van der Waals surface area (Å²) < 4.78 is 5.15. The second kappa shape index (κ2) is 5.56. The lowest BCUT2D eigenvalue weighted by atomic mass is 10.2. The van der Waals surface area contributed by atoms with Gasteiger partial charge in [-0.2, -0.15) is 0 Å². The normalized spacial score (nSPS) is 16.2. The van der Waals surface area contributed by atoms with Crippen molar-refractivity contribution in [2.24, 2.45) is 0 Å². The van der Waals surface area contributed by atoms with E-state index in [0.29, 0.717) is 26.3 Å². The highest BCUT2D eigenvalue weighted by Crippen LogP contribution is 2.17. The summed E-state index contributed by atoms with van der Waals surface area (Å²) >= 11 is 0. The molecule has 0 atom stereocenters. The van der Waals surface area contributed by atoms with Crippen molar-refractivity contribution in [3.05, 3.63) is 39.9 Å². The van der Waals surface area contributed by atoms with Crippen LogP contribution in [0.2, 0.25) is 0 Å². The largest absolute Gasteiger partial charge is 0.379 e. The van der Waals surface area contributed by atoms with E-state index in [9.17, 15) is 14.9 Å². The van der Waals surface area contributed by atoms with Crippen molar-refractivity contribution in [2.75, 3.05) is 26.3 Å². The molecule has 1 heterocycles. The SMILES string of the molecule is O=C(NN1CCOCC1)c1ccccc1[N+](=O)[O-]. The summed E-state index contributed by atoms with van der Waals surface area (Å²) in [5.41, 5.74) is 2.51. The Morgan fingerprint density at radius 2 is 2.00 bits per heavy atom. The molecule has 1 saturated heterocycles. The molecule has 1 aliphatic rings. The van der Waals surface area contributed by atoms with E-state index < -0.39 is 10.8 Å². The molecule has 18 heavy (non-hydrogen) atoms. The van der Waals surface area contributed by atoms with E-state index in [-0.39, 0.29) is 11.3 Å². The van der Waals surface area contributed by atoms with Gasteiger partial charge in [0.2, 0.25) is 0 Å². The van der Waals surface area contributed by atoms with E-state index in [1.165, 1.54) is 18.2 Å². The van der Waals surface area contributed by atoms with Gasteiger partial charge in [-0.05, 0) is 6.07 Å². The van der Waals surface area contributed by atoms with E-state index in [1.807, 2.05) is 0 Å². The fourth-order valence-electron chi connectivity index (χ4n) is 1.70. The zero-order valence-corrected chi connectivity index (χ0v) is 9.67. The summed E-state index contributed by atoms with van der Waals surface area (Å²) in [7, 11) is 0. The van der Waals surface area contributed by atoms with E-state index in [1.54, 1.807) is 11.1 Å². The summed E-state index contributed by atoms with van der Waals surface area (Å²) in [5.74, 6) is -0.468. The number of morpholine rings is 1. The minimum absolute atomic E-state index is 0.0639. The third kappa shape index (κ3) is 2.82. The smallest absolute Gasteiger partial charge is 0.282 e. The summed E-state index contributed by atoms with van der Waals surface area (Å²) in [6, 6.07) is 5.88. The van der Waals surface area contributed by atoms with Crippen molar-refractivity contribution in [1.82, 2.24) is 10.4 Å². The summed E-state index contributed by atoms with van der Waals surface area (Å²) in [5, 5.41) is 12.5. The number of ether oxygens (including phenoxy) is 1. The quantitative estimate of drug-likeness (QED) is 0.627. The molecule has 1 aromatic rings. The van der Waals surface area contributed by atoms with Crippen LogP contribution in [0.1, 0.15) is 10.4 Å². The standard InChI is InChI=1S/C11H13N3O4/c15-11(12-13-5-7-18-8-6-13)9-3-1-2-4-10(9)14(16)17/h1-4H,5-8H2,(H,12,15). The van der Waals surface area contributed by atoms with Crippen molar-refractivity contribution in [3.8, 4) is 0 Å². The van der Waals surface area contributed by atoms with Gasteiger partial charge >= 0.3 is 0 Å². The maximum Gasteiger partial charge on any atom is 0.282 e. The molecule has 0 radical (unpaired) electrons. The number of hydrazine groups is 1. The second-order valence-corrected chi connectivity index (χ2v) is 3.81. The Morgan fingerprint density at radius 3 is 2.67 bits per heavy atom. The van der Waals surface area contributed by atoms with Crippen LogP contribution in [0.15, 0.2) is 24.3 Å². The number of carbonyl (C=O) groups is 1. The molecular formula is C11H13N3O4. The van der Waals surface area contributed by atoms with Crippen LogP contribution >= 0.6 is 0 Å². The van der Waals surface area contributed by atoms with Crippen LogP contribution in [0.25, 0.3) is 0 Å². The van der Waals surface area contributed by atoms with Crippen LogP contribution in [0.3, 0.4) is 0 Å². The minimum Gasteiger partial charge on any atom is -0.379 e. The van der Waals surface area contributed by atoms with Crippen LogP contribution in [0.5, 0.6) is 0 Å². The van der Waals surface area contributed by atoms with E-state index >= 15 is 0 Å². The fraction of sp³-hybridized carbons (Fsp3) is 0.364. The Bertz CT molecular complexity index is 457. The van der Waals surface area contributed by atoms with E-state index in [4.69, 9.17) is 4.74 Å². The van der Waals surface area contributed by atoms with Crippen LogP contribution in [-0.4, -0.2) is 42.1 Å². The molecule has 1 fully saturated rings. The predicted octanol–water partition coefficient (Wildman–Crippen LogP) is 0.572. The molecule has 0 unspecified atom stereocenters. The third-order valence-electron chi connectivity index (χ3n) is 2.62. The second-order valence-electron chi connectivity index (χ2n) is 3.81. The molecule has 1 aliphatic heterocycles. The van der Waals surface area contributed by atoms with Gasteiger partial charge in [-0.3, -0.25) is 20.3 Å². The van der Waals surface area contributed by atoms with E-state index in [2.05, 4.69) is 5.43 Å². The molecule has 1 N–H and O–H groups in total. The number of para-hydroxylation sites is 1. The molecule has 0 spiro atoms. The average Bonchev–Trinajstić information content (AvgIpc) is 2.40. The number of benzene rings is 1. The number of carbonyl (C=O) groups excluding carboxylic acids is 1. The summed E-state index contributed by atoms with van der Waals surface area (Å²) in [6.07, 6.45) is 0. The highest BCUT2D eigenvalue weighted by molar-refractivity contribution is 5.97. The van der Waals surface area contributed by atoms with Crippen LogP contribution in [-0.2, 0) is 4.74 Å². The molecule has 0 aliphatic carbocycles. The van der Waals surface area contributed by atoms with Crippen LogP contribution < -0.4 is 5.43 Å². The minimum atomic E-state index is -0.561. The Kier molecular flexibility index (Phi) is 3.85. The molecule has 7 heteroatoms. The topological polar surface area (TPSA) is 84.7 Å². The van der Waals surface area contributed by atoms with Crippen LogP contribution in [0.4, 0.5) is 5.69 Å². The molecule has 2 rings (SSSR count). The van der Waals surface area contributed by atoms with Crippen molar-refractivity contribution in [1.29, 1.82) is 0 Å². The third-order valence-corrected chi connectivity index (χ3v) is 2.62. The van der Waals surface area contributed by atoms with Crippen molar-refractivity contribution >= 4 is 11.6 Å². The lowest BCUT2D eigenvalue weighted by Gasteiger charge is -2.26. The molecule has 1 aromatic carbocycles. The Balaban J connectivity index is 2.10. The zero-order chi connectivity index (χ0) is 13.0. The number of hydrogen-bond donors (Lipinski definition) is 1. The number of nitro groups is 1. The van der Waals surface area contributed by atoms with Gasteiger partial charge < -0.3 is 4.74 Å². The van der Waals surface area contributed by atoms with Gasteiger partial charge in [0.15, 0.2) is 0 Å². The number of hydrogen-bond acceptors (Lipinski definition) is 5. The van der Waals surface area contributed by atoms with Gasteiger partial charge in [0.25, 0.3) is 11.6 Å². The average molecular weight is 251 g/mol. The van der Waals surface area contributed by atoms with Gasteiger partial charge in [0, 0.05) is 19.2 Å². The number of nitrogens with one attached hydrogen (secondary N) is 1. The number of nitro benzene ring substituents is 1. The van der Waals surface area contributed by atoms with Gasteiger partial charge in [0.1, 0.15) is 5.56 Å². The summed E-state index contributed by atoms with van der Waals surface area (Å²) in [4.78, 5) is 22.2. The first-order valence-electron chi connectivity index (χ1n) is 5.55. The van der Waals surface area contributed by atoms with Crippen molar-refractivity contribution in [3.63, 3.8) is 0 Å². The predicted molar refractivity (Wildman–Crippen MR) is 63.0 cm³/mol. The molecule has 96 valence electrons. The lowest BCUT2D eigenvalue weighted by molar-refractivity contribution is -0.385. The molecule has 0 aromatic heterocycles. The zero-order valence-electron chi connectivity index (χ0n) is 9.67. The number of nitrogens with zero attached hydrogens (tertiary/aromatic N) is 2. The highest BCUT2D eigenvalue weighted by atomic mass is 16.6. The van der Waals surface area contributed by atoms with Crippen molar-refractivity contribution in [2.45, 2.75) is 0 Å². The maximum atomic E-state index is 11.9. The van der Waals surface area contributed by atoms with Crippen molar-refractivity contribution < 1.29 is 14.5 Å². The molecule has 0 saturated carbocycles. The number of amides is 1. The maximum absolute atomic E-state index is 11.9. The van der Waals surface area contributed by atoms with Gasteiger partial charge in [0.05, 0.1) is 18.1 Å². The fourth-order valence-corrected chi connectivity index (χ4v) is 1.70. The lowest BCUT2D eigenvalue weighted by Crippen LogP contribution is -2.48. The van der Waals surface area contributed by atoms with Gasteiger partial charge in [-0.1, -0.05) is 12.1 Å². The monoisotopic (exact) mass is 251 g/mol. The Hall–Kier alpha value is -1.99. The molecular weight excluding hydrogens is 238 g/mol. The molecule has 1 amide bonds.